The van der Waals surface area contributed by atoms with Gasteiger partial charge in [0.05, 0.1) is 12.0 Å². The molecule has 0 atom stereocenters. The van der Waals surface area contributed by atoms with E-state index >= 15 is 0 Å². The molecule has 0 bridgehead atoms. The zero-order valence-corrected chi connectivity index (χ0v) is 9.45. The van der Waals surface area contributed by atoms with E-state index in [0.717, 1.165) is 11.8 Å². The number of nitrogens with one attached hydrogen (secondary N) is 1. The highest BCUT2D eigenvalue weighted by Gasteiger charge is 2.01. The van der Waals surface area contributed by atoms with Gasteiger partial charge in [0.25, 0.3) is 0 Å². The predicted molar refractivity (Wildman–Crippen MR) is 60.1 cm³/mol. The van der Waals surface area contributed by atoms with Crippen LogP contribution in [0.15, 0.2) is 30.7 Å². The van der Waals surface area contributed by atoms with Crippen molar-refractivity contribution in [1.29, 1.82) is 0 Å². The van der Waals surface area contributed by atoms with Crippen molar-refractivity contribution in [1.82, 2.24) is 14.9 Å². The highest BCUT2D eigenvalue weighted by molar-refractivity contribution is 5.17. The molecule has 1 N–H and O–H groups in total. The van der Waals surface area contributed by atoms with E-state index in [4.69, 9.17) is 0 Å². The van der Waals surface area contributed by atoms with E-state index in [1.807, 2.05) is 17.8 Å². The lowest BCUT2D eigenvalue weighted by Gasteiger charge is -2.03. The molecule has 0 aliphatic heterocycles. The second-order valence-electron chi connectivity index (χ2n) is 3.91. The maximum Gasteiger partial charge on any atom is 0.126 e. The van der Waals surface area contributed by atoms with E-state index in [0.29, 0.717) is 18.7 Å². The summed E-state index contributed by atoms with van der Waals surface area (Å²) in [4.78, 5) is 4.13. The third-order valence-electron chi connectivity index (χ3n) is 2.32. The molecular weight excluding hydrogens is 224 g/mol. The SMILES string of the molecule is Cn1cnc(CNCc2cc(F)cc(F)c2)c1. The number of benzene rings is 1. The lowest BCUT2D eigenvalue weighted by molar-refractivity contribution is 0.574. The third kappa shape index (κ3) is 3.35. The molecule has 0 unspecified atom stereocenters. The summed E-state index contributed by atoms with van der Waals surface area (Å²) in [6.07, 6.45) is 3.60. The van der Waals surface area contributed by atoms with E-state index in [1.165, 1.54) is 12.1 Å². The van der Waals surface area contributed by atoms with Crippen molar-refractivity contribution in [3.63, 3.8) is 0 Å². The normalized spacial score (nSPS) is 10.8. The number of aromatic nitrogens is 2. The van der Waals surface area contributed by atoms with E-state index in [-0.39, 0.29) is 0 Å². The molecule has 0 amide bonds. The van der Waals surface area contributed by atoms with Gasteiger partial charge in [-0.25, -0.2) is 13.8 Å². The number of imidazole rings is 1. The summed E-state index contributed by atoms with van der Waals surface area (Å²) in [5.74, 6) is -1.11. The van der Waals surface area contributed by atoms with Crippen molar-refractivity contribution in [3.05, 3.63) is 53.6 Å². The van der Waals surface area contributed by atoms with Gasteiger partial charge >= 0.3 is 0 Å². The van der Waals surface area contributed by atoms with Gasteiger partial charge in [-0.2, -0.15) is 0 Å². The van der Waals surface area contributed by atoms with E-state index < -0.39 is 11.6 Å². The third-order valence-corrected chi connectivity index (χ3v) is 2.32. The first-order valence-electron chi connectivity index (χ1n) is 5.26. The van der Waals surface area contributed by atoms with Gasteiger partial charge in [0.2, 0.25) is 0 Å². The smallest absolute Gasteiger partial charge is 0.126 e. The maximum absolute atomic E-state index is 12.9. The molecule has 0 aliphatic carbocycles. The Balaban J connectivity index is 1.89. The molecule has 0 fully saturated rings. The molecule has 1 heterocycles. The van der Waals surface area contributed by atoms with Crippen LogP contribution in [-0.4, -0.2) is 9.55 Å². The summed E-state index contributed by atoms with van der Waals surface area (Å²) < 4.78 is 27.6. The number of hydrogen-bond acceptors (Lipinski definition) is 2. The minimum absolute atomic E-state index is 0.408. The second kappa shape index (κ2) is 5.05. The number of nitrogens with zero attached hydrogens (tertiary/aromatic N) is 2. The lowest BCUT2D eigenvalue weighted by atomic mass is 10.2. The molecule has 2 aromatic rings. The van der Waals surface area contributed by atoms with Gasteiger partial charge in [-0.1, -0.05) is 0 Å². The van der Waals surface area contributed by atoms with Crippen molar-refractivity contribution >= 4 is 0 Å². The molecule has 0 radical (unpaired) electrons. The Kier molecular flexibility index (Phi) is 3.49. The first-order valence-corrected chi connectivity index (χ1v) is 5.26. The monoisotopic (exact) mass is 237 g/mol. The average molecular weight is 237 g/mol. The van der Waals surface area contributed by atoms with Crippen molar-refractivity contribution in [2.75, 3.05) is 0 Å². The Morgan fingerprint density at radius 2 is 1.88 bits per heavy atom. The van der Waals surface area contributed by atoms with Gasteiger partial charge < -0.3 is 9.88 Å². The molecule has 1 aromatic heterocycles. The molecule has 90 valence electrons. The summed E-state index contributed by atoms with van der Waals surface area (Å²) in [6, 6.07) is 3.49. The zero-order chi connectivity index (χ0) is 12.3. The molecule has 0 saturated carbocycles. The van der Waals surface area contributed by atoms with Gasteiger partial charge in [-0.05, 0) is 17.7 Å². The standard InChI is InChI=1S/C12H13F2N3/c1-17-7-12(16-8-17)6-15-5-9-2-10(13)4-11(14)3-9/h2-4,7-8,15H,5-6H2,1H3. The second-order valence-corrected chi connectivity index (χ2v) is 3.91. The summed E-state index contributed by atoms with van der Waals surface area (Å²) in [5.41, 5.74) is 1.47. The van der Waals surface area contributed by atoms with Crippen LogP contribution in [0.5, 0.6) is 0 Å². The average Bonchev–Trinajstić information content (AvgIpc) is 2.63. The van der Waals surface area contributed by atoms with Gasteiger partial charge in [-0.3, -0.25) is 0 Å². The Morgan fingerprint density at radius 1 is 1.18 bits per heavy atom. The Hall–Kier alpha value is -1.75. The van der Waals surface area contributed by atoms with Crippen LogP contribution in [0.2, 0.25) is 0 Å². The summed E-state index contributed by atoms with van der Waals surface area (Å²) in [7, 11) is 1.89. The van der Waals surface area contributed by atoms with Crippen molar-refractivity contribution in [2.45, 2.75) is 13.1 Å². The Bertz CT molecular complexity index is 488. The van der Waals surface area contributed by atoms with Crippen molar-refractivity contribution in [3.8, 4) is 0 Å². The van der Waals surface area contributed by atoms with Gasteiger partial charge in [0, 0.05) is 32.4 Å². The highest BCUT2D eigenvalue weighted by atomic mass is 19.1. The van der Waals surface area contributed by atoms with E-state index in [9.17, 15) is 8.78 Å². The van der Waals surface area contributed by atoms with Crippen LogP contribution in [-0.2, 0) is 20.1 Å². The fourth-order valence-electron chi connectivity index (χ4n) is 1.61. The van der Waals surface area contributed by atoms with Crippen LogP contribution in [0.25, 0.3) is 0 Å². The van der Waals surface area contributed by atoms with Crippen LogP contribution in [0.4, 0.5) is 8.78 Å². The quantitative estimate of drug-likeness (QED) is 0.881. The fraction of sp³-hybridized carbons (Fsp3) is 0.250. The number of rotatable bonds is 4. The number of hydrogen-bond donors (Lipinski definition) is 1. The van der Waals surface area contributed by atoms with Crippen LogP contribution in [0, 0.1) is 11.6 Å². The molecule has 5 heteroatoms. The van der Waals surface area contributed by atoms with Gasteiger partial charge in [0.15, 0.2) is 0 Å². The molecular formula is C12H13F2N3. The Labute approximate surface area is 98.1 Å². The molecule has 3 nitrogen and oxygen atoms in total. The van der Waals surface area contributed by atoms with Crippen molar-refractivity contribution < 1.29 is 8.78 Å². The topological polar surface area (TPSA) is 29.9 Å². The lowest BCUT2D eigenvalue weighted by Crippen LogP contribution is -2.13. The summed E-state index contributed by atoms with van der Waals surface area (Å²) >= 11 is 0. The first-order chi connectivity index (χ1) is 8.13. The minimum Gasteiger partial charge on any atom is -0.340 e. The predicted octanol–water partition coefficient (Wildman–Crippen LogP) is 1.99. The largest absolute Gasteiger partial charge is 0.340 e. The maximum atomic E-state index is 12.9. The van der Waals surface area contributed by atoms with E-state index in [2.05, 4.69) is 10.3 Å². The first kappa shape index (κ1) is 11.7. The highest BCUT2D eigenvalue weighted by Crippen LogP contribution is 2.07. The van der Waals surface area contributed by atoms with Crippen molar-refractivity contribution in [2.24, 2.45) is 7.05 Å². The Morgan fingerprint density at radius 3 is 2.47 bits per heavy atom. The fourth-order valence-corrected chi connectivity index (χ4v) is 1.61. The van der Waals surface area contributed by atoms with Crippen LogP contribution in [0.1, 0.15) is 11.3 Å². The summed E-state index contributed by atoms with van der Waals surface area (Å²) in [6.45, 7) is 0.976. The molecule has 0 aliphatic rings. The van der Waals surface area contributed by atoms with Crippen LogP contribution in [0.3, 0.4) is 0 Å². The number of halogens is 2. The summed E-state index contributed by atoms with van der Waals surface area (Å²) in [5, 5.41) is 3.08. The van der Waals surface area contributed by atoms with Gasteiger partial charge in [0.1, 0.15) is 11.6 Å². The minimum atomic E-state index is -0.556. The van der Waals surface area contributed by atoms with E-state index in [1.54, 1.807) is 6.33 Å². The van der Waals surface area contributed by atoms with Gasteiger partial charge in [-0.15, -0.1) is 0 Å². The molecule has 2 rings (SSSR count). The molecule has 1 aromatic carbocycles. The molecule has 0 saturated heterocycles. The molecule has 0 spiro atoms. The molecule has 17 heavy (non-hydrogen) atoms. The zero-order valence-electron chi connectivity index (χ0n) is 9.45. The van der Waals surface area contributed by atoms with Crippen LogP contribution < -0.4 is 5.32 Å². The number of aryl methyl sites for hydroxylation is 1. The van der Waals surface area contributed by atoms with Crippen LogP contribution >= 0.6 is 0 Å².